The Balaban J connectivity index is 2.02. The molecule has 0 aromatic heterocycles. The molecule has 2 rings (SSSR count). The summed E-state index contributed by atoms with van der Waals surface area (Å²) in [7, 11) is 0. The molecule has 0 atom stereocenters. The second kappa shape index (κ2) is 6.58. The van der Waals surface area contributed by atoms with E-state index in [0.29, 0.717) is 12.0 Å². The molecule has 4 nitrogen and oxygen atoms in total. The maximum absolute atomic E-state index is 12.4. The third-order valence-electron chi connectivity index (χ3n) is 3.99. The van der Waals surface area contributed by atoms with Crippen LogP contribution in [-0.4, -0.2) is 48.5 Å². The van der Waals surface area contributed by atoms with E-state index in [9.17, 15) is 9.90 Å². The minimum atomic E-state index is -0.168. The van der Waals surface area contributed by atoms with Gasteiger partial charge < -0.3 is 15.3 Å². The Morgan fingerprint density at radius 2 is 1.95 bits per heavy atom. The van der Waals surface area contributed by atoms with Crippen molar-refractivity contribution in [1.82, 2.24) is 10.2 Å². The van der Waals surface area contributed by atoms with Gasteiger partial charge in [0.25, 0.3) is 0 Å². The van der Waals surface area contributed by atoms with Gasteiger partial charge in [0.15, 0.2) is 5.78 Å². The molecular weight excluding hydrogens is 264 g/mol. The lowest BCUT2D eigenvalue weighted by atomic mass is 9.85. The summed E-state index contributed by atoms with van der Waals surface area (Å²) in [6.07, 6.45) is 0.536. The lowest BCUT2D eigenvalue weighted by molar-refractivity contribution is 0.0960. The van der Waals surface area contributed by atoms with Crippen molar-refractivity contribution in [3.8, 4) is 5.75 Å². The summed E-state index contributed by atoms with van der Waals surface area (Å²) < 4.78 is 0. The van der Waals surface area contributed by atoms with E-state index in [2.05, 4.69) is 10.2 Å². The summed E-state index contributed by atoms with van der Waals surface area (Å²) in [6, 6.07) is 5.21. The Morgan fingerprint density at radius 3 is 2.57 bits per heavy atom. The number of benzene rings is 1. The standard InChI is InChI=1S/C17H26N2O2/c1-17(2,3)14-12-13(4-5-16(14)21)15(20)6-9-19-10-7-18-8-11-19/h4-5,12,18,21H,6-11H2,1-3H3. The topological polar surface area (TPSA) is 52.6 Å². The molecule has 1 saturated heterocycles. The summed E-state index contributed by atoms with van der Waals surface area (Å²) in [5.74, 6) is 0.417. The zero-order valence-corrected chi connectivity index (χ0v) is 13.3. The van der Waals surface area contributed by atoms with Crippen LogP contribution in [0.3, 0.4) is 0 Å². The quantitative estimate of drug-likeness (QED) is 0.835. The van der Waals surface area contributed by atoms with Crippen molar-refractivity contribution in [2.24, 2.45) is 0 Å². The third-order valence-corrected chi connectivity index (χ3v) is 3.99. The fourth-order valence-electron chi connectivity index (χ4n) is 2.65. The SMILES string of the molecule is CC(C)(C)c1cc(C(=O)CCN2CCNCC2)ccc1O. The van der Waals surface area contributed by atoms with Crippen LogP contribution in [0.15, 0.2) is 18.2 Å². The van der Waals surface area contributed by atoms with Crippen LogP contribution in [0.25, 0.3) is 0 Å². The van der Waals surface area contributed by atoms with Crippen LogP contribution in [0.5, 0.6) is 5.75 Å². The van der Waals surface area contributed by atoms with Crippen molar-refractivity contribution in [3.05, 3.63) is 29.3 Å². The van der Waals surface area contributed by atoms with Crippen molar-refractivity contribution in [1.29, 1.82) is 0 Å². The second-order valence-electron chi connectivity index (χ2n) is 6.75. The number of phenolic OH excluding ortho intramolecular Hbond substituents is 1. The maximum Gasteiger partial charge on any atom is 0.164 e. The zero-order valence-electron chi connectivity index (χ0n) is 13.3. The number of Topliss-reactive ketones (excluding diaryl/α,β-unsaturated/α-hetero) is 1. The predicted octanol–water partition coefficient (Wildman–Crippen LogP) is 2.17. The van der Waals surface area contributed by atoms with Gasteiger partial charge in [-0.1, -0.05) is 20.8 Å². The molecule has 0 saturated carbocycles. The molecule has 1 aromatic rings. The molecule has 4 heteroatoms. The smallest absolute Gasteiger partial charge is 0.164 e. The van der Waals surface area contributed by atoms with Gasteiger partial charge in [0.1, 0.15) is 5.75 Å². The van der Waals surface area contributed by atoms with E-state index in [-0.39, 0.29) is 16.9 Å². The second-order valence-corrected chi connectivity index (χ2v) is 6.75. The Morgan fingerprint density at radius 1 is 1.29 bits per heavy atom. The molecule has 1 heterocycles. The summed E-state index contributed by atoms with van der Waals surface area (Å²) in [5.41, 5.74) is 1.36. The minimum Gasteiger partial charge on any atom is -0.508 e. The van der Waals surface area contributed by atoms with Crippen LogP contribution >= 0.6 is 0 Å². The minimum absolute atomic E-state index is 0.152. The van der Waals surface area contributed by atoms with Gasteiger partial charge in [-0.25, -0.2) is 0 Å². The van der Waals surface area contributed by atoms with Gasteiger partial charge in [-0.3, -0.25) is 4.79 Å². The molecule has 1 aliphatic rings. The molecule has 21 heavy (non-hydrogen) atoms. The molecule has 0 aliphatic carbocycles. The number of carbonyl (C=O) groups is 1. The molecule has 2 N–H and O–H groups in total. The van der Waals surface area contributed by atoms with Gasteiger partial charge in [0, 0.05) is 44.7 Å². The highest BCUT2D eigenvalue weighted by Crippen LogP contribution is 2.31. The first-order valence-electron chi connectivity index (χ1n) is 7.68. The number of nitrogens with one attached hydrogen (secondary N) is 1. The van der Waals surface area contributed by atoms with E-state index >= 15 is 0 Å². The highest BCUT2D eigenvalue weighted by Gasteiger charge is 2.20. The third kappa shape index (κ3) is 4.29. The van der Waals surface area contributed by atoms with Gasteiger partial charge in [0.05, 0.1) is 0 Å². The summed E-state index contributed by atoms with van der Waals surface area (Å²) in [5, 5.41) is 13.3. The van der Waals surface area contributed by atoms with Crippen molar-refractivity contribution < 1.29 is 9.90 Å². The highest BCUT2D eigenvalue weighted by atomic mass is 16.3. The zero-order chi connectivity index (χ0) is 15.5. The molecule has 0 unspecified atom stereocenters. The number of piperazine rings is 1. The normalized spacial score (nSPS) is 16.9. The number of aromatic hydroxyl groups is 1. The van der Waals surface area contributed by atoms with E-state index in [1.807, 2.05) is 26.8 Å². The van der Waals surface area contributed by atoms with Crippen LogP contribution in [0, 0.1) is 0 Å². The van der Waals surface area contributed by atoms with E-state index in [1.165, 1.54) is 0 Å². The number of phenols is 1. The van der Waals surface area contributed by atoms with E-state index in [0.717, 1.165) is 38.3 Å². The van der Waals surface area contributed by atoms with Crippen LogP contribution in [0.1, 0.15) is 43.1 Å². The van der Waals surface area contributed by atoms with Gasteiger partial charge in [0.2, 0.25) is 0 Å². The van der Waals surface area contributed by atoms with Crippen molar-refractivity contribution in [2.75, 3.05) is 32.7 Å². The number of hydrogen-bond acceptors (Lipinski definition) is 4. The predicted molar refractivity (Wildman–Crippen MR) is 85.1 cm³/mol. The number of carbonyl (C=O) groups excluding carboxylic acids is 1. The number of nitrogens with zero attached hydrogens (tertiary/aromatic N) is 1. The average molecular weight is 290 g/mol. The van der Waals surface area contributed by atoms with Gasteiger partial charge in [-0.05, 0) is 29.2 Å². The van der Waals surface area contributed by atoms with Crippen LogP contribution in [-0.2, 0) is 5.41 Å². The molecule has 116 valence electrons. The number of ketones is 1. The molecule has 0 amide bonds. The van der Waals surface area contributed by atoms with E-state index < -0.39 is 0 Å². The monoisotopic (exact) mass is 290 g/mol. The number of hydrogen-bond donors (Lipinski definition) is 2. The van der Waals surface area contributed by atoms with Crippen molar-refractivity contribution >= 4 is 5.78 Å². The Hall–Kier alpha value is -1.39. The van der Waals surface area contributed by atoms with Gasteiger partial charge in [-0.2, -0.15) is 0 Å². The molecule has 1 aromatic carbocycles. The molecule has 1 fully saturated rings. The Labute approximate surface area is 127 Å². The fourth-order valence-corrected chi connectivity index (χ4v) is 2.65. The first-order valence-corrected chi connectivity index (χ1v) is 7.68. The van der Waals surface area contributed by atoms with Crippen LogP contribution in [0.2, 0.25) is 0 Å². The van der Waals surface area contributed by atoms with Crippen LogP contribution in [0.4, 0.5) is 0 Å². The van der Waals surface area contributed by atoms with E-state index in [1.54, 1.807) is 12.1 Å². The largest absolute Gasteiger partial charge is 0.508 e. The first kappa shape index (κ1) is 16.0. The van der Waals surface area contributed by atoms with E-state index in [4.69, 9.17) is 0 Å². The summed E-state index contributed by atoms with van der Waals surface area (Å²) in [4.78, 5) is 14.7. The fraction of sp³-hybridized carbons (Fsp3) is 0.588. The average Bonchev–Trinajstić information content (AvgIpc) is 2.45. The van der Waals surface area contributed by atoms with Gasteiger partial charge in [-0.15, -0.1) is 0 Å². The summed E-state index contributed by atoms with van der Waals surface area (Å²) in [6.45, 7) is 11.0. The van der Waals surface area contributed by atoms with Gasteiger partial charge >= 0.3 is 0 Å². The molecule has 0 bridgehead atoms. The first-order chi connectivity index (χ1) is 9.88. The highest BCUT2D eigenvalue weighted by molar-refractivity contribution is 5.96. The Kier molecular flexibility index (Phi) is 5.01. The molecule has 1 aliphatic heterocycles. The molecular formula is C17H26N2O2. The van der Waals surface area contributed by atoms with Crippen LogP contribution < -0.4 is 5.32 Å². The number of rotatable bonds is 4. The lowest BCUT2D eigenvalue weighted by Gasteiger charge is -2.26. The molecule has 0 radical (unpaired) electrons. The van der Waals surface area contributed by atoms with Crippen molar-refractivity contribution in [2.45, 2.75) is 32.6 Å². The summed E-state index contributed by atoms with van der Waals surface area (Å²) >= 11 is 0. The van der Waals surface area contributed by atoms with Crippen molar-refractivity contribution in [3.63, 3.8) is 0 Å². The Bertz CT molecular complexity index is 500. The molecule has 0 spiro atoms. The maximum atomic E-state index is 12.4. The lowest BCUT2D eigenvalue weighted by Crippen LogP contribution is -2.44.